The molecule has 0 saturated carbocycles. The maximum Gasteiger partial charge on any atom is 0.225 e. The predicted octanol–water partition coefficient (Wildman–Crippen LogP) is 4.17. The van der Waals surface area contributed by atoms with Crippen molar-refractivity contribution in [2.45, 2.75) is 18.9 Å². The number of benzene rings is 2. The molecule has 2 aromatic carbocycles. The van der Waals surface area contributed by atoms with Gasteiger partial charge in [-0.15, -0.1) is 0 Å². The first kappa shape index (κ1) is 20.9. The summed E-state index contributed by atoms with van der Waals surface area (Å²) < 4.78 is 0. The lowest BCUT2D eigenvalue weighted by Gasteiger charge is -2.40. The molecule has 6 nitrogen and oxygen atoms in total. The molecule has 1 fully saturated rings. The van der Waals surface area contributed by atoms with Gasteiger partial charge in [0, 0.05) is 37.2 Å². The first-order valence-electron chi connectivity index (χ1n) is 10.8. The molecule has 1 aliphatic heterocycles. The van der Waals surface area contributed by atoms with Crippen LogP contribution in [0, 0.1) is 0 Å². The molecule has 2 N–H and O–H groups in total. The number of piperidine rings is 1. The van der Waals surface area contributed by atoms with Crippen molar-refractivity contribution in [1.82, 2.24) is 20.2 Å². The van der Waals surface area contributed by atoms with Crippen LogP contribution in [0.1, 0.15) is 12.8 Å². The Hall–Kier alpha value is -3.38. The van der Waals surface area contributed by atoms with E-state index in [1.54, 1.807) is 12.4 Å². The van der Waals surface area contributed by atoms with Gasteiger partial charge in [-0.05, 0) is 49.2 Å². The van der Waals surface area contributed by atoms with Crippen molar-refractivity contribution in [1.29, 1.82) is 0 Å². The lowest BCUT2D eigenvalue weighted by atomic mass is 10.0. The van der Waals surface area contributed by atoms with Gasteiger partial charge in [-0.25, -0.2) is 9.97 Å². The van der Waals surface area contributed by atoms with E-state index in [-0.39, 0.29) is 0 Å². The van der Waals surface area contributed by atoms with E-state index in [0.29, 0.717) is 6.04 Å². The Bertz CT molecular complexity index is 950. The molecule has 0 amide bonds. The smallest absolute Gasteiger partial charge is 0.225 e. The third-order valence-electron chi connectivity index (χ3n) is 5.70. The van der Waals surface area contributed by atoms with Crippen molar-refractivity contribution < 1.29 is 0 Å². The van der Waals surface area contributed by atoms with Crippen LogP contribution in [0.3, 0.4) is 0 Å². The molecule has 4 rings (SSSR count). The van der Waals surface area contributed by atoms with E-state index in [1.807, 2.05) is 19.2 Å². The SMILES string of the molecule is C=C(Nc1ccc(-c2ccccc2)cc1)N(CNC)C1CCN(c2ncccn2)CC1. The molecule has 1 saturated heterocycles. The fraction of sp³-hybridized carbons (Fsp3) is 0.280. The van der Waals surface area contributed by atoms with Crippen LogP contribution in [-0.2, 0) is 0 Å². The maximum atomic E-state index is 4.39. The summed E-state index contributed by atoms with van der Waals surface area (Å²) in [6, 6.07) is 21.2. The number of hydrogen-bond donors (Lipinski definition) is 2. The van der Waals surface area contributed by atoms with Gasteiger partial charge >= 0.3 is 0 Å². The lowest BCUT2D eigenvalue weighted by Crippen LogP contribution is -2.48. The number of hydrogen-bond acceptors (Lipinski definition) is 6. The van der Waals surface area contributed by atoms with Gasteiger partial charge in [0.05, 0.1) is 12.5 Å². The highest BCUT2D eigenvalue weighted by Crippen LogP contribution is 2.25. The van der Waals surface area contributed by atoms with Crippen molar-refractivity contribution in [2.24, 2.45) is 0 Å². The summed E-state index contributed by atoms with van der Waals surface area (Å²) in [5, 5.41) is 6.79. The molecule has 0 atom stereocenters. The fourth-order valence-electron chi connectivity index (χ4n) is 4.06. The molecular weight excluding hydrogens is 384 g/mol. The number of aromatic nitrogens is 2. The van der Waals surface area contributed by atoms with Crippen molar-refractivity contribution in [3.63, 3.8) is 0 Å². The molecule has 0 bridgehead atoms. The number of rotatable bonds is 8. The molecule has 0 spiro atoms. The van der Waals surface area contributed by atoms with Gasteiger partial charge in [-0.1, -0.05) is 49.0 Å². The van der Waals surface area contributed by atoms with Crippen LogP contribution in [0.2, 0.25) is 0 Å². The van der Waals surface area contributed by atoms with Crippen LogP contribution in [0.25, 0.3) is 11.1 Å². The second-order valence-corrected chi connectivity index (χ2v) is 7.76. The van der Waals surface area contributed by atoms with Crippen molar-refractivity contribution in [2.75, 3.05) is 37.0 Å². The molecule has 2 heterocycles. The molecule has 0 unspecified atom stereocenters. The third-order valence-corrected chi connectivity index (χ3v) is 5.70. The van der Waals surface area contributed by atoms with E-state index in [4.69, 9.17) is 0 Å². The van der Waals surface area contributed by atoms with E-state index < -0.39 is 0 Å². The summed E-state index contributed by atoms with van der Waals surface area (Å²) in [4.78, 5) is 13.4. The number of nitrogens with zero attached hydrogens (tertiary/aromatic N) is 4. The molecule has 31 heavy (non-hydrogen) atoms. The lowest BCUT2D eigenvalue weighted by molar-refractivity contribution is 0.209. The van der Waals surface area contributed by atoms with Gasteiger partial charge in [0.2, 0.25) is 5.95 Å². The topological polar surface area (TPSA) is 56.3 Å². The Balaban J connectivity index is 1.37. The van der Waals surface area contributed by atoms with Crippen molar-refractivity contribution in [3.05, 3.63) is 85.5 Å². The van der Waals surface area contributed by atoms with Gasteiger partial charge in [0.1, 0.15) is 0 Å². The molecule has 1 aromatic heterocycles. The van der Waals surface area contributed by atoms with Gasteiger partial charge in [-0.3, -0.25) is 0 Å². The summed E-state index contributed by atoms with van der Waals surface area (Å²) in [5.74, 6) is 1.73. The summed E-state index contributed by atoms with van der Waals surface area (Å²) in [7, 11) is 1.97. The van der Waals surface area contributed by atoms with Crippen LogP contribution in [0.15, 0.2) is 85.5 Å². The molecule has 0 radical (unpaired) electrons. The average Bonchev–Trinajstić information content (AvgIpc) is 2.84. The first-order chi connectivity index (χ1) is 15.2. The molecular formula is C25H30N6. The summed E-state index contributed by atoms with van der Waals surface area (Å²) in [6.45, 7) is 6.97. The summed E-state index contributed by atoms with van der Waals surface area (Å²) in [6.07, 6.45) is 5.67. The quantitative estimate of drug-likeness (QED) is 0.540. The maximum absolute atomic E-state index is 4.39. The van der Waals surface area contributed by atoms with Gasteiger partial charge in [0.25, 0.3) is 0 Å². The standard InChI is InChI=1S/C25H30N6/c1-20(29-23-11-9-22(10-12-23)21-7-4-3-5-8-21)31(19-26-2)24-13-17-30(18-14-24)25-27-15-6-16-28-25/h3-12,15-16,24,26,29H,1,13-14,17-19H2,2H3. The van der Waals surface area contributed by atoms with E-state index in [0.717, 1.165) is 50.1 Å². The summed E-state index contributed by atoms with van der Waals surface area (Å²) in [5.41, 5.74) is 3.47. The Labute approximate surface area is 184 Å². The molecule has 0 aliphatic carbocycles. The average molecular weight is 415 g/mol. The zero-order chi connectivity index (χ0) is 21.5. The fourth-order valence-corrected chi connectivity index (χ4v) is 4.06. The predicted molar refractivity (Wildman–Crippen MR) is 128 cm³/mol. The van der Waals surface area contributed by atoms with Crippen LogP contribution >= 0.6 is 0 Å². The Morgan fingerprint density at radius 3 is 2.26 bits per heavy atom. The van der Waals surface area contributed by atoms with Gasteiger partial charge < -0.3 is 20.4 Å². The minimum Gasteiger partial charge on any atom is -0.343 e. The van der Waals surface area contributed by atoms with Crippen molar-refractivity contribution >= 4 is 11.6 Å². The van der Waals surface area contributed by atoms with Crippen molar-refractivity contribution in [3.8, 4) is 11.1 Å². The van der Waals surface area contributed by atoms with Gasteiger partial charge in [0.15, 0.2) is 0 Å². The van der Waals surface area contributed by atoms with E-state index >= 15 is 0 Å². The molecule has 160 valence electrons. The zero-order valence-electron chi connectivity index (χ0n) is 18.0. The van der Waals surface area contributed by atoms with Crippen LogP contribution in [0.5, 0.6) is 0 Å². The Morgan fingerprint density at radius 1 is 0.968 bits per heavy atom. The number of anilines is 2. The monoisotopic (exact) mass is 414 g/mol. The molecule has 3 aromatic rings. The molecule has 6 heteroatoms. The van der Waals surface area contributed by atoms with Gasteiger partial charge in [-0.2, -0.15) is 0 Å². The normalized spacial score (nSPS) is 14.3. The first-order valence-corrected chi connectivity index (χ1v) is 10.8. The zero-order valence-corrected chi connectivity index (χ0v) is 18.0. The summed E-state index contributed by atoms with van der Waals surface area (Å²) >= 11 is 0. The second-order valence-electron chi connectivity index (χ2n) is 7.76. The Kier molecular flexibility index (Phi) is 6.79. The van der Waals surface area contributed by atoms with Crippen LogP contribution in [0.4, 0.5) is 11.6 Å². The minimum atomic E-state index is 0.413. The number of nitrogens with one attached hydrogen (secondary N) is 2. The Morgan fingerprint density at radius 2 is 1.61 bits per heavy atom. The van der Waals surface area contributed by atoms with E-state index in [1.165, 1.54) is 11.1 Å². The largest absolute Gasteiger partial charge is 0.343 e. The molecule has 1 aliphatic rings. The third kappa shape index (κ3) is 5.22. The van der Waals surface area contributed by atoms with E-state index in [9.17, 15) is 0 Å². The van der Waals surface area contributed by atoms with Crippen LogP contribution in [-0.4, -0.2) is 47.7 Å². The minimum absolute atomic E-state index is 0.413. The second kappa shape index (κ2) is 10.1. The highest BCUT2D eigenvalue weighted by molar-refractivity contribution is 5.66. The highest BCUT2D eigenvalue weighted by Gasteiger charge is 2.26. The van der Waals surface area contributed by atoms with Crippen LogP contribution < -0.4 is 15.5 Å². The van der Waals surface area contributed by atoms with E-state index in [2.05, 4.69) is 85.5 Å². The highest BCUT2D eigenvalue weighted by atomic mass is 15.3.